The lowest BCUT2D eigenvalue weighted by atomic mass is 9.67. The summed E-state index contributed by atoms with van der Waals surface area (Å²) in [5, 5.41) is 16.7. The minimum absolute atomic E-state index is 0.511. The third kappa shape index (κ3) is 3.90. The number of aromatic nitrogens is 4. The zero-order valence-electron chi connectivity index (χ0n) is 22.4. The van der Waals surface area contributed by atoms with Gasteiger partial charge in [0.2, 0.25) is 0 Å². The molecule has 1 aliphatic rings. The second kappa shape index (κ2) is 9.39. The molecule has 6 aromatic rings. The molecular weight excluding hydrogens is 476 g/mol. The normalized spacial score (nSPS) is 17.5. The van der Waals surface area contributed by atoms with Crippen LogP contribution in [0.5, 0.6) is 0 Å². The van der Waals surface area contributed by atoms with Gasteiger partial charge in [-0.2, -0.15) is 10.2 Å². The van der Waals surface area contributed by atoms with Gasteiger partial charge in [0.15, 0.2) is 0 Å². The highest BCUT2D eigenvalue weighted by Gasteiger charge is 2.43. The molecule has 0 saturated carbocycles. The molecule has 0 fully saturated rings. The van der Waals surface area contributed by atoms with Crippen LogP contribution >= 0.6 is 0 Å². The summed E-state index contributed by atoms with van der Waals surface area (Å²) in [6, 6.07) is 30.6. The lowest BCUT2D eigenvalue weighted by Crippen LogP contribution is -2.37. The molecule has 4 heteroatoms. The maximum Gasteiger partial charge on any atom is 0.145 e. The van der Waals surface area contributed by atoms with Gasteiger partial charge in [-0.15, -0.1) is 0 Å². The Hall–Kier alpha value is -4.44. The van der Waals surface area contributed by atoms with Crippen LogP contribution in [0.4, 0.5) is 0 Å². The van der Waals surface area contributed by atoms with Gasteiger partial charge in [0, 0.05) is 17.6 Å². The van der Waals surface area contributed by atoms with Crippen LogP contribution in [0, 0.1) is 13.8 Å². The number of benzene rings is 4. The summed E-state index contributed by atoms with van der Waals surface area (Å²) in [5.41, 5.74) is 5.01. The van der Waals surface area contributed by atoms with Crippen molar-refractivity contribution in [1.29, 1.82) is 0 Å². The van der Waals surface area contributed by atoms with Gasteiger partial charge in [0.25, 0.3) is 0 Å². The lowest BCUT2D eigenvalue weighted by Gasteiger charge is -2.37. The van der Waals surface area contributed by atoms with Crippen LogP contribution in [-0.2, 0) is 11.8 Å². The quantitative estimate of drug-likeness (QED) is 0.180. The maximum absolute atomic E-state index is 5.02. The standard InChI is InChI=1S/C35H30N4/c1-23-21-24(2)38-34(37-23)35(32-14-8-20-36-39-32)19-6-5-12-28(35)22-27-11-7-10-26-16-17-30-29-13-4-3-9-25(29)15-18-31(30)33(26)27/h3-4,7-18,20-21H,5-6,19,22H2,1-2H3. The number of hydrogen-bond donors (Lipinski definition) is 0. The van der Waals surface area contributed by atoms with Crippen molar-refractivity contribution in [2.75, 3.05) is 0 Å². The van der Waals surface area contributed by atoms with Crippen molar-refractivity contribution >= 4 is 32.3 Å². The maximum atomic E-state index is 5.02. The summed E-state index contributed by atoms with van der Waals surface area (Å²) in [6.45, 7) is 4.10. The van der Waals surface area contributed by atoms with Crippen molar-refractivity contribution in [2.24, 2.45) is 0 Å². The number of hydrogen-bond acceptors (Lipinski definition) is 4. The van der Waals surface area contributed by atoms with E-state index in [1.807, 2.05) is 12.1 Å². The average molecular weight is 507 g/mol. The van der Waals surface area contributed by atoms with Gasteiger partial charge in [-0.1, -0.05) is 78.4 Å². The molecule has 0 aliphatic heterocycles. The highest BCUT2D eigenvalue weighted by Crippen LogP contribution is 2.46. The van der Waals surface area contributed by atoms with Crippen LogP contribution in [-0.4, -0.2) is 20.2 Å². The summed E-state index contributed by atoms with van der Waals surface area (Å²) < 4.78 is 0. The van der Waals surface area contributed by atoms with E-state index in [4.69, 9.17) is 9.97 Å². The van der Waals surface area contributed by atoms with Crippen molar-refractivity contribution in [3.05, 3.63) is 131 Å². The molecule has 0 radical (unpaired) electrons. The minimum Gasteiger partial charge on any atom is -0.237 e. The summed E-state index contributed by atoms with van der Waals surface area (Å²) >= 11 is 0. The molecule has 7 rings (SSSR count). The summed E-state index contributed by atoms with van der Waals surface area (Å²) in [7, 11) is 0. The molecule has 0 spiro atoms. The van der Waals surface area contributed by atoms with Crippen molar-refractivity contribution < 1.29 is 0 Å². The SMILES string of the molecule is Cc1cc(C)nc(C2(c3cccnn3)CCCC=C2Cc2cccc3ccc4c5ccccc5ccc4c23)n1. The summed E-state index contributed by atoms with van der Waals surface area (Å²) in [6.07, 6.45) is 7.97. The summed E-state index contributed by atoms with van der Waals surface area (Å²) in [5.74, 6) is 0.836. The Morgan fingerprint density at radius 1 is 0.744 bits per heavy atom. The summed E-state index contributed by atoms with van der Waals surface area (Å²) in [4.78, 5) is 10.0. The number of allylic oxidation sites excluding steroid dienone is 2. The second-order valence-electron chi connectivity index (χ2n) is 10.7. The molecule has 4 aromatic carbocycles. The second-order valence-corrected chi connectivity index (χ2v) is 10.7. The third-order valence-corrected chi connectivity index (χ3v) is 8.30. The fourth-order valence-electron chi connectivity index (χ4n) is 6.62. The molecule has 1 unspecified atom stereocenters. The number of fused-ring (bicyclic) bond motifs is 5. The Kier molecular flexibility index (Phi) is 5.70. The zero-order chi connectivity index (χ0) is 26.4. The predicted molar refractivity (Wildman–Crippen MR) is 159 cm³/mol. The highest BCUT2D eigenvalue weighted by molar-refractivity contribution is 6.18. The van der Waals surface area contributed by atoms with Crippen molar-refractivity contribution in [1.82, 2.24) is 20.2 Å². The monoisotopic (exact) mass is 506 g/mol. The van der Waals surface area contributed by atoms with Crippen LogP contribution in [0.2, 0.25) is 0 Å². The molecule has 1 aliphatic carbocycles. The number of nitrogens with zero attached hydrogens (tertiary/aromatic N) is 4. The van der Waals surface area contributed by atoms with Gasteiger partial charge in [0.1, 0.15) is 5.82 Å². The molecule has 190 valence electrons. The molecule has 2 aromatic heterocycles. The van der Waals surface area contributed by atoms with Crippen LogP contribution in [0.1, 0.15) is 47.7 Å². The third-order valence-electron chi connectivity index (χ3n) is 8.30. The highest BCUT2D eigenvalue weighted by atomic mass is 15.1. The number of aryl methyl sites for hydroxylation is 2. The molecule has 4 nitrogen and oxygen atoms in total. The molecular formula is C35H30N4. The van der Waals surface area contributed by atoms with Crippen molar-refractivity contribution in [2.45, 2.75) is 44.9 Å². The van der Waals surface area contributed by atoms with Gasteiger partial charge in [-0.05, 0) is 95.6 Å². The van der Waals surface area contributed by atoms with Crippen LogP contribution in [0.15, 0.2) is 103 Å². The molecule has 1 atom stereocenters. The Morgan fingerprint density at radius 3 is 2.38 bits per heavy atom. The molecule has 0 bridgehead atoms. The first kappa shape index (κ1) is 23.7. The molecule has 0 N–H and O–H groups in total. The topological polar surface area (TPSA) is 51.6 Å². The van der Waals surface area contributed by atoms with E-state index in [0.717, 1.165) is 48.6 Å². The molecule has 0 saturated heterocycles. The first-order valence-corrected chi connectivity index (χ1v) is 13.8. The van der Waals surface area contributed by atoms with Crippen LogP contribution in [0.25, 0.3) is 32.3 Å². The van der Waals surface area contributed by atoms with E-state index < -0.39 is 5.41 Å². The van der Waals surface area contributed by atoms with Gasteiger partial charge in [0.05, 0.1) is 11.1 Å². The van der Waals surface area contributed by atoms with E-state index in [1.54, 1.807) is 6.20 Å². The van der Waals surface area contributed by atoms with Crippen LogP contribution in [0.3, 0.4) is 0 Å². The Balaban J connectivity index is 1.46. The largest absolute Gasteiger partial charge is 0.237 e. The van der Waals surface area contributed by atoms with Gasteiger partial charge in [-0.25, -0.2) is 9.97 Å². The van der Waals surface area contributed by atoms with Gasteiger partial charge >= 0.3 is 0 Å². The number of rotatable bonds is 4. The van der Waals surface area contributed by atoms with E-state index >= 15 is 0 Å². The van der Waals surface area contributed by atoms with E-state index in [9.17, 15) is 0 Å². The molecule has 39 heavy (non-hydrogen) atoms. The van der Waals surface area contributed by atoms with E-state index in [2.05, 4.69) is 103 Å². The van der Waals surface area contributed by atoms with E-state index in [1.165, 1.54) is 43.5 Å². The predicted octanol–water partition coefficient (Wildman–Crippen LogP) is 7.98. The van der Waals surface area contributed by atoms with Gasteiger partial charge in [-0.3, -0.25) is 0 Å². The minimum atomic E-state index is -0.511. The fraction of sp³-hybridized carbons (Fsp3) is 0.200. The Labute approximate surface area is 228 Å². The first-order valence-electron chi connectivity index (χ1n) is 13.8. The molecule has 0 amide bonds. The van der Waals surface area contributed by atoms with Crippen molar-refractivity contribution in [3.63, 3.8) is 0 Å². The van der Waals surface area contributed by atoms with E-state index in [-0.39, 0.29) is 0 Å². The van der Waals surface area contributed by atoms with Gasteiger partial charge < -0.3 is 0 Å². The lowest BCUT2D eigenvalue weighted by molar-refractivity contribution is 0.447. The van der Waals surface area contributed by atoms with Crippen molar-refractivity contribution in [3.8, 4) is 0 Å². The van der Waals surface area contributed by atoms with Crippen LogP contribution < -0.4 is 0 Å². The average Bonchev–Trinajstić information content (AvgIpc) is 2.97. The van der Waals surface area contributed by atoms with E-state index in [0.29, 0.717) is 0 Å². The first-order chi connectivity index (χ1) is 19.1. The Morgan fingerprint density at radius 2 is 1.54 bits per heavy atom. The zero-order valence-corrected chi connectivity index (χ0v) is 22.4. The smallest absolute Gasteiger partial charge is 0.145 e. The Bertz CT molecular complexity index is 1870. The fourth-order valence-corrected chi connectivity index (χ4v) is 6.62. The molecule has 2 heterocycles.